The van der Waals surface area contributed by atoms with E-state index in [1.165, 1.54) is 0 Å². The minimum atomic E-state index is -5.75. The van der Waals surface area contributed by atoms with Crippen LogP contribution in [-0.4, -0.2) is 55.3 Å². The average Bonchev–Trinajstić information content (AvgIpc) is 1.12. The molecular formula is CaCrO8SZn. The molecule has 0 radical (unpaired) electrons. The van der Waals surface area contributed by atoms with Crippen LogP contribution in [0, 0.1) is 0 Å². The van der Waals surface area contributed by atoms with Gasteiger partial charge in [0.1, 0.15) is 0 Å². The van der Waals surface area contributed by atoms with Gasteiger partial charge in [-0.1, -0.05) is 0 Å². The van der Waals surface area contributed by atoms with Gasteiger partial charge < -0.3 is 9.11 Å². The molecule has 0 aromatic rings. The van der Waals surface area contributed by atoms with E-state index in [1.807, 2.05) is 0 Å². The van der Waals surface area contributed by atoms with Gasteiger partial charge in [0.2, 0.25) is 0 Å². The third-order valence-electron chi connectivity index (χ3n) is 0. The topological polar surface area (TPSA) is 161 Å². The summed E-state index contributed by atoms with van der Waals surface area (Å²) >= 11 is -5.75. The standard InChI is InChI=1S/Ca.Cr.H2O4S.4O.Zn/c;;1-5(2,3)4;;;;;/h;;(H2,1,2,3,4);;;;;/q+2;;;;;2*-1;+2/p-2. The summed E-state index contributed by atoms with van der Waals surface area (Å²) in [6.45, 7) is 0. The van der Waals surface area contributed by atoms with Crippen LogP contribution in [0.4, 0.5) is 0 Å². The molecule has 0 aliphatic carbocycles. The third kappa shape index (κ3) is 423. The van der Waals surface area contributed by atoms with Gasteiger partial charge in [-0.15, -0.1) is 0 Å². The Balaban J connectivity index is -0.0000000457. The molecule has 0 N–H and O–H groups in total. The summed E-state index contributed by atoms with van der Waals surface area (Å²) in [5.41, 5.74) is 0. The van der Waals surface area contributed by atoms with Crippen molar-refractivity contribution < 1.29 is 66.5 Å². The van der Waals surface area contributed by atoms with Gasteiger partial charge >= 0.3 is 86.8 Å². The van der Waals surface area contributed by atoms with Gasteiger partial charge in [-0.05, 0) is 0 Å². The molecule has 0 saturated heterocycles. The van der Waals surface area contributed by atoms with Crippen molar-refractivity contribution in [2.45, 2.75) is 0 Å². The van der Waals surface area contributed by atoms with Crippen LogP contribution in [0.2, 0.25) is 0 Å². The van der Waals surface area contributed by atoms with Crippen molar-refractivity contribution >= 4 is 48.1 Å². The molecule has 0 aliphatic rings. The van der Waals surface area contributed by atoms with Crippen molar-refractivity contribution in [2.75, 3.05) is 0 Å². The van der Waals surface area contributed by atoms with E-state index in [4.69, 9.17) is 33.4 Å². The van der Waals surface area contributed by atoms with E-state index in [2.05, 4.69) is 0 Å². The summed E-state index contributed by atoms with van der Waals surface area (Å²) in [4.78, 5) is 0. The smallest absolute Gasteiger partial charge is 2.00 e. The number of hydrogen-bond acceptors (Lipinski definition) is 8. The Hall–Kier alpha value is 1.81. The maximum Gasteiger partial charge on any atom is 2.00 e. The van der Waals surface area contributed by atoms with Crippen molar-refractivity contribution in [2.24, 2.45) is 0 Å². The van der Waals surface area contributed by atoms with Crippen LogP contribution in [-0.2, 0) is 51.1 Å². The molecular weight excluding hydrogens is 318 g/mol. The van der Waals surface area contributed by atoms with Crippen molar-refractivity contribution in [3.8, 4) is 0 Å². The summed E-state index contributed by atoms with van der Waals surface area (Å²) in [5, 5.41) is 0. The minimum absolute atomic E-state index is 0. The zero-order valence-electron chi connectivity index (χ0n) is 5.50. The molecule has 0 saturated carbocycles. The predicted molar refractivity (Wildman–Crippen MR) is 17.6 cm³/mol. The van der Waals surface area contributed by atoms with E-state index in [-0.39, 0.29) is 57.2 Å². The van der Waals surface area contributed by atoms with Gasteiger partial charge in [0.15, 0.2) is 0 Å². The summed E-state index contributed by atoms with van der Waals surface area (Å²) in [5.74, 6) is 0. The zero-order valence-corrected chi connectivity index (χ0v) is 12.8. The fraction of sp³-hybridized carbons (Fsp3) is 0. The molecule has 0 aliphatic heterocycles. The molecule has 0 unspecified atom stereocenters. The van der Waals surface area contributed by atoms with Crippen molar-refractivity contribution in [3.05, 3.63) is 0 Å². The maximum atomic E-state index is 8.59. The first-order valence-electron chi connectivity index (χ1n) is 1.33. The van der Waals surface area contributed by atoms with Gasteiger partial charge in [-0.3, -0.25) is 8.42 Å². The number of hydrogen-bond donors (Lipinski definition) is 0. The van der Waals surface area contributed by atoms with Crippen molar-refractivity contribution in [1.82, 2.24) is 0 Å². The van der Waals surface area contributed by atoms with Crippen molar-refractivity contribution in [1.29, 1.82) is 0 Å². The zero-order chi connectivity index (χ0) is 9.00. The van der Waals surface area contributed by atoms with Gasteiger partial charge in [0.25, 0.3) is 0 Å². The van der Waals surface area contributed by atoms with Gasteiger partial charge in [-0.25, -0.2) is 0 Å². The van der Waals surface area contributed by atoms with Gasteiger partial charge in [0.05, 0.1) is 0 Å². The van der Waals surface area contributed by atoms with Crippen LogP contribution in [0.3, 0.4) is 0 Å². The Morgan fingerprint density at radius 1 is 1.00 bits per heavy atom. The monoisotopic (exact) mass is 316 g/mol. The predicted octanol–water partition coefficient (Wildman–Crippen LogP) is -4.34. The molecule has 0 rings (SSSR count). The van der Waals surface area contributed by atoms with Crippen LogP contribution in [0.25, 0.3) is 0 Å². The summed E-state index contributed by atoms with van der Waals surface area (Å²) in [6, 6.07) is 0. The fourth-order valence-corrected chi connectivity index (χ4v) is 0. The fourth-order valence-electron chi connectivity index (χ4n) is 0. The second-order valence-electron chi connectivity index (χ2n) is 0.816. The molecule has 8 nitrogen and oxygen atoms in total. The molecule has 0 amide bonds. The van der Waals surface area contributed by atoms with Crippen LogP contribution in [0.1, 0.15) is 0 Å². The molecule has 0 aromatic heterocycles. The molecule has 0 atom stereocenters. The Bertz CT molecular complexity index is 215. The summed E-state index contributed by atoms with van der Waals surface area (Å²) in [7, 11) is -5.17. The Morgan fingerprint density at radius 2 is 1.00 bits per heavy atom. The second kappa shape index (κ2) is 9.36. The Morgan fingerprint density at radius 3 is 1.00 bits per heavy atom. The van der Waals surface area contributed by atoms with Crippen LogP contribution >= 0.6 is 0 Å². The van der Waals surface area contributed by atoms with Gasteiger partial charge in [-0.2, -0.15) is 0 Å². The third-order valence-corrected chi connectivity index (χ3v) is 0. The van der Waals surface area contributed by atoms with Crippen LogP contribution in [0.15, 0.2) is 0 Å². The summed E-state index contributed by atoms with van der Waals surface area (Å²) < 4.78 is 68.5. The molecule has 0 bridgehead atoms. The second-order valence-corrected chi connectivity index (χ2v) is 2.91. The quantitative estimate of drug-likeness (QED) is 0.246. The maximum absolute atomic E-state index is 8.59. The van der Waals surface area contributed by atoms with E-state index in [0.717, 1.165) is 0 Å². The first kappa shape index (κ1) is 23.5. The number of rotatable bonds is 0. The van der Waals surface area contributed by atoms with Crippen molar-refractivity contribution in [3.63, 3.8) is 0 Å². The van der Waals surface area contributed by atoms with E-state index < -0.39 is 24.0 Å². The minimum Gasteiger partial charge on any atom is 2.00 e. The molecule has 12 heavy (non-hydrogen) atoms. The normalized spacial score (nSPS) is 9.67. The van der Waals surface area contributed by atoms with E-state index in [9.17, 15) is 0 Å². The SMILES string of the molecule is O=S(=O)([O-])[O-].[Ca+2].[O]=[Cr](=[O])([O-])[O-].[Zn+2]. The molecule has 0 aromatic carbocycles. The molecule has 0 spiro atoms. The van der Waals surface area contributed by atoms with E-state index in [0.29, 0.717) is 0 Å². The van der Waals surface area contributed by atoms with E-state index >= 15 is 0 Å². The first-order chi connectivity index (χ1) is 4.00. The average molecular weight is 318 g/mol. The van der Waals surface area contributed by atoms with Crippen LogP contribution < -0.4 is 8.32 Å². The Labute approximate surface area is 113 Å². The van der Waals surface area contributed by atoms with E-state index in [1.54, 1.807) is 0 Å². The Kier molecular flexibility index (Phi) is 18.4. The molecule has 0 fully saturated rings. The summed E-state index contributed by atoms with van der Waals surface area (Å²) in [6.07, 6.45) is 0. The first-order valence-corrected chi connectivity index (χ1v) is 4.75. The molecule has 0 heterocycles. The molecule has 64 valence electrons. The van der Waals surface area contributed by atoms with Crippen LogP contribution in [0.5, 0.6) is 0 Å². The largest absolute Gasteiger partial charge is 2.00 e. The molecule has 12 heteroatoms. The van der Waals surface area contributed by atoms with Gasteiger partial charge in [0, 0.05) is 10.4 Å².